The molecule has 214 valence electrons. The minimum absolute atomic E-state index is 0.0872. The van der Waals surface area contributed by atoms with E-state index in [4.69, 9.17) is 33.9 Å². The summed E-state index contributed by atoms with van der Waals surface area (Å²) in [5.41, 5.74) is 2.85. The number of thiocarbonyl (C=S) groups is 2. The normalized spacial score (nSPS) is 23.6. The summed E-state index contributed by atoms with van der Waals surface area (Å²) >= 11 is 11.2. The summed E-state index contributed by atoms with van der Waals surface area (Å²) in [4.78, 5) is 37.8. The smallest absolute Gasteiger partial charge is 0.276 e. The van der Waals surface area contributed by atoms with Gasteiger partial charge in [-0.3, -0.25) is 29.2 Å². The average Bonchev–Trinajstić information content (AvgIpc) is 3.30. The van der Waals surface area contributed by atoms with Crippen molar-refractivity contribution in [1.82, 2.24) is 29.4 Å². The topological polar surface area (TPSA) is 72.0 Å². The van der Waals surface area contributed by atoms with E-state index < -0.39 is 0 Å². The summed E-state index contributed by atoms with van der Waals surface area (Å²) in [6.45, 7) is 9.01. The van der Waals surface area contributed by atoms with E-state index in [1.54, 1.807) is 19.6 Å². The van der Waals surface area contributed by atoms with E-state index in [0.29, 0.717) is 34.7 Å². The number of ether oxygens (including phenoxy) is 2. The first-order valence-corrected chi connectivity index (χ1v) is 14.5. The molecule has 0 bridgehead atoms. The predicted molar refractivity (Wildman–Crippen MR) is 161 cm³/mol. The molecule has 12 heteroatoms. The van der Waals surface area contributed by atoms with Crippen molar-refractivity contribution in [2.24, 2.45) is 0 Å². The van der Waals surface area contributed by atoms with Gasteiger partial charge in [0.25, 0.3) is 11.8 Å². The summed E-state index contributed by atoms with van der Waals surface area (Å²) in [6, 6.07) is 7.75. The van der Waals surface area contributed by atoms with Gasteiger partial charge in [0.05, 0.1) is 26.4 Å². The fourth-order valence-electron chi connectivity index (χ4n) is 5.15. The van der Waals surface area contributed by atoms with Crippen LogP contribution in [0.4, 0.5) is 0 Å². The first-order chi connectivity index (χ1) is 19.3. The monoisotopic (exact) mass is 584 g/mol. The Morgan fingerprint density at radius 3 is 1.35 bits per heavy atom. The Bertz CT molecular complexity index is 1110. The van der Waals surface area contributed by atoms with Gasteiger partial charge >= 0.3 is 0 Å². The molecule has 4 aliphatic rings. The molecule has 0 spiro atoms. The number of rotatable bonds is 8. The van der Waals surface area contributed by atoms with Gasteiger partial charge in [-0.2, -0.15) is 0 Å². The molecule has 0 N–H and O–H groups in total. The van der Waals surface area contributed by atoms with Crippen LogP contribution in [-0.2, 0) is 19.1 Å². The zero-order chi connectivity index (χ0) is 28.2. The van der Waals surface area contributed by atoms with Crippen molar-refractivity contribution in [3.05, 3.63) is 46.8 Å². The van der Waals surface area contributed by atoms with Crippen molar-refractivity contribution in [3.63, 3.8) is 0 Å². The van der Waals surface area contributed by atoms with E-state index in [9.17, 15) is 9.59 Å². The van der Waals surface area contributed by atoms with Crippen LogP contribution in [0.15, 0.2) is 35.7 Å². The molecule has 4 heterocycles. The molecule has 0 aliphatic carbocycles. The molecule has 0 saturated carbocycles. The summed E-state index contributed by atoms with van der Waals surface area (Å²) in [5.74, 6) is -0.174. The molecule has 0 unspecified atom stereocenters. The van der Waals surface area contributed by atoms with Crippen molar-refractivity contribution >= 4 is 58.6 Å². The summed E-state index contributed by atoms with van der Waals surface area (Å²) in [6.07, 6.45) is 3.71. The van der Waals surface area contributed by atoms with Crippen molar-refractivity contribution < 1.29 is 19.1 Å². The lowest BCUT2D eigenvalue weighted by atomic mass is 10.1. The van der Waals surface area contributed by atoms with Crippen LogP contribution in [0.1, 0.15) is 11.1 Å². The van der Waals surface area contributed by atoms with E-state index in [1.165, 1.54) is 0 Å². The van der Waals surface area contributed by atoms with Gasteiger partial charge < -0.3 is 19.3 Å². The number of morpholine rings is 2. The van der Waals surface area contributed by atoms with Crippen molar-refractivity contribution in [1.29, 1.82) is 0 Å². The number of benzene rings is 1. The second kappa shape index (κ2) is 12.8. The molecule has 0 radical (unpaired) electrons. The lowest BCUT2D eigenvalue weighted by Gasteiger charge is -2.28. The maximum absolute atomic E-state index is 13.2. The first kappa shape index (κ1) is 28.8. The highest BCUT2D eigenvalue weighted by molar-refractivity contribution is 7.80. The van der Waals surface area contributed by atoms with Crippen LogP contribution in [0, 0.1) is 0 Å². The van der Waals surface area contributed by atoms with E-state index in [1.807, 2.05) is 50.5 Å². The van der Waals surface area contributed by atoms with Gasteiger partial charge in [-0.05, 0) is 47.7 Å². The number of nitrogens with zero attached hydrogens (tertiary/aromatic N) is 6. The minimum atomic E-state index is -0.0872. The Morgan fingerprint density at radius 2 is 1.00 bits per heavy atom. The molecular weight excluding hydrogens is 548 g/mol. The van der Waals surface area contributed by atoms with Crippen LogP contribution in [0.25, 0.3) is 12.2 Å². The quantitative estimate of drug-likeness (QED) is 0.328. The second-order valence-electron chi connectivity index (χ2n) is 10.2. The van der Waals surface area contributed by atoms with Crippen molar-refractivity contribution in [3.8, 4) is 0 Å². The van der Waals surface area contributed by atoms with Crippen LogP contribution < -0.4 is 0 Å². The SMILES string of the molecule is CN1C(=S)N(CCN2CCOCC2)C(=O)/C1=C\c1ccc(/C=C2\C(=O)N(CCN3CCOCC3)C(=S)N2C)cc1. The third-order valence-corrected chi connectivity index (χ3v) is 8.71. The standard InChI is InChI=1S/C28H36N6O4S2/c1-29-23(25(35)33(27(29)39)9-7-31-11-15-37-16-12-31)19-21-3-5-22(6-4-21)20-24-26(36)34(28(40)30(24)2)10-8-32-13-17-38-18-14-32/h3-6,19-20H,7-18H2,1-2H3/b23-19+,24-20+. The molecule has 1 aromatic carbocycles. The zero-order valence-corrected chi connectivity index (χ0v) is 24.7. The van der Waals surface area contributed by atoms with Gasteiger partial charge in [0.2, 0.25) is 0 Å². The second-order valence-corrected chi connectivity index (χ2v) is 11.0. The van der Waals surface area contributed by atoms with Crippen molar-refractivity contribution in [2.45, 2.75) is 0 Å². The number of amides is 2. The van der Waals surface area contributed by atoms with Gasteiger partial charge in [0.1, 0.15) is 11.4 Å². The Morgan fingerprint density at radius 1 is 0.650 bits per heavy atom. The van der Waals surface area contributed by atoms with Crippen LogP contribution in [0.2, 0.25) is 0 Å². The van der Waals surface area contributed by atoms with Crippen molar-refractivity contribution in [2.75, 3.05) is 92.9 Å². The molecule has 4 aliphatic heterocycles. The molecule has 4 saturated heterocycles. The summed E-state index contributed by atoms with van der Waals surface area (Å²) < 4.78 is 10.8. The number of hydrogen-bond acceptors (Lipinski definition) is 8. The third kappa shape index (κ3) is 6.27. The largest absolute Gasteiger partial charge is 0.379 e. The maximum Gasteiger partial charge on any atom is 0.276 e. The Labute approximate surface area is 246 Å². The Balaban J connectivity index is 1.22. The molecule has 2 amide bonds. The van der Waals surface area contributed by atoms with Gasteiger partial charge in [-0.1, -0.05) is 24.3 Å². The lowest BCUT2D eigenvalue weighted by Crippen LogP contribution is -2.43. The molecule has 1 aromatic rings. The maximum atomic E-state index is 13.2. The predicted octanol–water partition coefficient (Wildman–Crippen LogP) is 1.15. The lowest BCUT2D eigenvalue weighted by molar-refractivity contribution is -0.123. The molecule has 0 atom stereocenters. The van der Waals surface area contributed by atoms with Crippen LogP contribution in [-0.4, -0.2) is 144 Å². The average molecular weight is 585 g/mol. The van der Waals surface area contributed by atoms with E-state index in [-0.39, 0.29) is 11.8 Å². The first-order valence-electron chi connectivity index (χ1n) is 13.7. The fraction of sp³-hybridized carbons (Fsp3) is 0.500. The Hall–Kier alpha value is -2.74. The molecule has 0 aromatic heterocycles. The summed E-state index contributed by atoms with van der Waals surface area (Å²) in [5, 5.41) is 1.03. The molecule has 4 fully saturated rings. The van der Waals surface area contributed by atoms with E-state index >= 15 is 0 Å². The summed E-state index contributed by atoms with van der Waals surface area (Å²) in [7, 11) is 3.66. The highest BCUT2D eigenvalue weighted by atomic mass is 32.1. The zero-order valence-electron chi connectivity index (χ0n) is 23.1. The highest BCUT2D eigenvalue weighted by Gasteiger charge is 2.37. The van der Waals surface area contributed by atoms with Gasteiger partial charge in [0, 0.05) is 66.5 Å². The van der Waals surface area contributed by atoms with E-state index in [0.717, 1.165) is 76.8 Å². The molecule has 10 nitrogen and oxygen atoms in total. The van der Waals surface area contributed by atoms with E-state index in [2.05, 4.69) is 9.80 Å². The molecular formula is C28H36N6O4S2. The number of carbonyl (C=O) groups excluding carboxylic acids is 2. The fourth-order valence-corrected chi connectivity index (χ4v) is 5.70. The molecule has 5 rings (SSSR count). The van der Waals surface area contributed by atoms with Crippen LogP contribution >= 0.6 is 24.4 Å². The molecule has 40 heavy (non-hydrogen) atoms. The van der Waals surface area contributed by atoms with Gasteiger partial charge in [-0.25, -0.2) is 0 Å². The van der Waals surface area contributed by atoms with Gasteiger partial charge in [0.15, 0.2) is 10.2 Å². The highest BCUT2D eigenvalue weighted by Crippen LogP contribution is 2.25. The van der Waals surface area contributed by atoms with Crippen LogP contribution in [0.3, 0.4) is 0 Å². The Kier molecular flexibility index (Phi) is 9.24. The van der Waals surface area contributed by atoms with Gasteiger partial charge in [-0.15, -0.1) is 0 Å². The number of likely N-dealkylation sites (N-methyl/N-ethyl adjacent to an activating group) is 2. The number of carbonyl (C=O) groups is 2. The minimum Gasteiger partial charge on any atom is -0.379 e. The third-order valence-electron chi connectivity index (χ3n) is 7.72. The van der Waals surface area contributed by atoms with Crippen LogP contribution in [0.5, 0.6) is 0 Å². The number of hydrogen-bond donors (Lipinski definition) is 0.